The molecule has 0 amide bonds. The standard InChI is InChI=1S/C25H42O4/c1-4-7-10-13-16-19-20(17-14-11-8-5-2)22(25(28)29)24(27)23(26)21(19)18-15-12-9-6-3/h26-27H,4-18H2,1-3H3,(H,28,29). The summed E-state index contributed by atoms with van der Waals surface area (Å²) < 4.78 is 0. The number of carboxylic acids is 1. The third-order valence-electron chi connectivity index (χ3n) is 5.83. The van der Waals surface area contributed by atoms with E-state index in [1.165, 1.54) is 0 Å². The summed E-state index contributed by atoms with van der Waals surface area (Å²) in [5.74, 6) is -1.79. The highest BCUT2D eigenvalue weighted by Gasteiger charge is 2.26. The molecule has 0 aliphatic carbocycles. The van der Waals surface area contributed by atoms with Crippen LogP contribution in [0, 0.1) is 0 Å². The van der Waals surface area contributed by atoms with Gasteiger partial charge in [-0.25, -0.2) is 4.79 Å². The van der Waals surface area contributed by atoms with E-state index in [0.29, 0.717) is 12.8 Å². The maximum Gasteiger partial charge on any atom is 0.339 e. The highest BCUT2D eigenvalue weighted by molar-refractivity contribution is 5.94. The number of carboxylic acid groups (broad SMARTS) is 1. The molecule has 4 heteroatoms. The number of hydrogen-bond donors (Lipinski definition) is 3. The van der Waals surface area contributed by atoms with Gasteiger partial charge in [0.15, 0.2) is 11.5 Å². The van der Waals surface area contributed by atoms with E-state index in [-0.39, 0.29) is 11.3 Å². The first-order valence-corrected chi connectivity index (χ1v) is 11.8. The van der Waals surface area contributed by atoms with Gasteiger partial charge in [-0.3, -0.25) is 0 Å². The maximum atomic E-state index is 12.0. The average Bonchev–Trinajstić information content (AvgIpc) is 2.70. The summed E-state index contributed by atoms with van der Waals surface area (Å²) in [7, 11) is 0. The Morgan fingerprint density at radius 1 is 0.586 bits per heavy atom. The molecule has 0 unspecified atom stereocenters. The van der Waals surface area contributed by atoms with Gasteiger partial charge >= 0.3 is 5.97 Å². The molecule has 0 aliphatic heterocycles. The van der Waals surface area contributed by atoms with Crippen LogP contribution in [0.1, 0.15) is 125 Å². The van der Waals surface area contributed by atoms with E-state index < -0.39 is 11.7 Å². The predicted molar refractivity (Wildman–Crippen MR) is 120 cm³/mol. The normalized spacial score (nSPS) is 11.1. The Labute approximate surface area is 177 Å². The number of unbranched alkanes of at least 4 members (excludes halogenated alkanes) is 9. The molecular formula is C25H42O4. The van der Waals surface area contributed by atoms with Crippen molar-refractivity contribution in [3.8, 4) is 11.5 Å². The average molecular weight is 407 g/mol. The van der Waals surface area contributed by atoms with Gasteiger partial charge in [-0.15, -0.1) is 0 Å². The lowest BCUT2D eigenvalue weighted by molar-refractivity contribution is 0.0691. The smallest absolute Gasteiger partial charge is 0.339 e. The molecule has 3 N–H and O–H groups in total. The van der Waals surface area contributed by atoms with Gasteiger partial charge in [0.1, 0.15) is 5.56 Å². The van der Waals surface area contributed by atoms with E-state index in [4.69, 9.17) is 0 Å². The highest BCUT2D eigenvalue weighted by atomic mass is 16.4. The minimum absolute atomic E-state index is 0.0817. The lowest BCUT2D eigenvalue weighted by Gasteiger charge is -2.21. The van der Waals surface area contributed by atoms with Crippen LogP contribution in [-0.2, 0) is 19.3 Å². The monoisotopic (exact) mass is 406 g/mol. The van der Waals surface area contributed by atoms with E-state index in [1.807, 2.05) is 0 Å². The first kappa shape index (κ1) is 25.3. The molecule has 0 aliphatic rings. The van der Waals surface area contributed by atoms with Crippen molar-refractivity contribution in [3.63, 3.8) is 0 Å². The van der Waals surface area contributed by atoms with Crippen molar-refractivity contribution in [2.24, 2.45) is 0 Å². The summed E-state index contributed by atoms with van der Waals surface area (Å²) in [5.41, 5.74) is 2.44. The van der Waals surface area contributed by atoms with Gasteiger partial charge < -0.3 is 15.3 Å². The Kier molecular flexibility index (Phi) is 12.5. The van der Waals surface area contributed by atoms with Gasteiger partial charge in [0.2, 0.25) is 0 Å². The molecule has 0 fully saturated rings. The number of aromatic hydroxyl groups is 2. The molecule has 0 aromatic heterocycles. The Bertz CT molecular complexity index is 622. The van der Waals surface area contributed by atoms with Crippen molar-refractivity contribution in [1.29, 1.82) is 0 Å². The van der Waals surface area contributed by atoms with Crippen molar-refractivity contribution in [3.05, 3.63) is 22.3 Å². The molecule has 0 saturated carbocycles. The largest absolute Gasteiger partial charge is 0.504 e. The Morgan fingerprint density at radius 3 is 1.41 bits per heavy atom. The number of carbonyl (C=O) groups is 1. The Morgan fingerprint density at radius 2 is 1.00 bits per heavy atom. The van der Waals surface area contributed by atoms with Crippen molar-refractivity contribution in [2.45, 2.75) is 117 Å². The van der Waals surface area contributed by atoms with E-state index in [0.717, 1.165) is 100 Å². The third kappa shape index (κ3) is 7.91. The number of benzene rings is 1. The molecule has 1 aromatic carbocycles. The van der Waals surface area contributed by atoms with E-state index in [1.54, 1.807) is 0 Å². The molecule has 0 radical (unpaired) electrons. The van der Waals surface area contributed by atoms with Crippen LogP contribution in [0.2, 0.25) is 0 Å². The SMILES string of the molecule is CCCCCCc1c(O)c(O)c(C(=O)O)c(CCCCCC)c1CCCCCC. The van der Waals surface area contributed by atoms with Crippen LogP contribution >= 0.6 is 0 Å². The van der Waals surface area contributed by atoms with Crippen molar-refractivity contribution < 1.29 is 20.1 Å². The number of phenolic OH excluding ortho intramolecular Hbond substituents is 1. The molecule has 0 atom stereocenters. The van der Waals surface area contributed by atoms with E-state index >= 15 is 0 Å². The maximum absolute atomic E-state index is 12.0. The molecule has 4 nitrogen and oxygen atoms in total. The van der Waals surface area contributed by atoms with Crippen LogP contribution in [0.25, 0.3) is 0 Å². The minimum Gasteiger partial charge on any atom is -0.504 e. The molecule has 1 aromatic rings. The van der Waals surface area contributed by atoms with Gasteiger partial charge in [-0.05, 0) is 49.7 Å². The second-order valence-electron chi connectivity index (χ2n) is 8.25. The minimum atomic E-state index is -1.14. The van der Waals surface area contributed by atoms with Crippen molar-refractivity contribution in [2.75, 3.05) is 0 Å². The van der Waals surface area contributed by atoms with Crippen molar-refractivity contribution in [1.82, 2.24) is 0 Å². The lowest BCUT2D eigenvalue weighted by Crippen LogP contribution is -2.11. The summed E-state index contributed by atoms with van der Waals surface area (Å²) in [4.78, 5) is 12.0. The quantitative estimate of drug-likeness (QED) is 0.201. The van der Waals surface area contributed by atoms with Gasteiger partial charge in [0.05, 0.1) is 0 Å². The lowest BCUT2D eigenvalue weighted by atomic mass is 9.85. The van der Waals surface area contributed by atoms with Crippen LogP contribution in [0.4, 0.5) is 0 Å². The molecule has 0 saturated heterocycles. The summed E-state index contributed by atoms with van der Waals surface area (Å²) in [6.45, 7) is 6.49. The fourth-order valence-electron chi connectivity index (χ4n) is 4.14. The Hall–Kier alpha value is -1.71. The summed E-state index contributed by atoms with van der Waals surface area (Å²) in [6.07, 6.45) is 15.1. The van der Waals surface area contributed by atoms with Gasteiger partial charge in [-0.1, -0.05) is 78.6 Å². The number of aromatic carboxylic acids is 1. The number of phenols is 2. The summed E-state index contributed by atoms with van der Waals surface area (Å²) >= 11 is 0. The van der Waals surface area contributed by atoms with Crippen LogP contribution in [0.15, 0.2) is 0 Å². The molecule has 0 heterocycles. The third-order valence-corrected chi connectivity index (χ3v) is 5.83. The van der Waals surface area contributed by atoms with Gasteiger partial charge in [-0.2, -0.15) is 0 Å². The van der Waals surface area contributed by atoms with Gasteiger partial charge in [0, 0.05) is 5.56 Å². The molecular weight excluding hydrogens is 364 g/mol. The first-order valence-electron chi connectivity index (χ1n) is 11.8. The van der Waals surface area contributed by atoms with E-state index in [2.05, 4.69) is 20.8 Å². The fraction of sp³-hybridized carbons (Fsp3) is 0.720. The highest BCUT2D eigenvalue weighted by Crippen LogP contribution is 2.41. The predicted octanol–water partition coefficient (Wildman–Crippen LogP) is 7.16. The fourth-order valence-corrected chi connectivity index (χ4v) is 4.14. The zero-order valence-electron chi connectivity index (χ0n) is 18.9. The number of rotatable bonds is 16. The summed E-state index contributed by atoms with van der Waals surface area (Å²) in [5, 5.41) is 31.0. The Balaban J connectivity index is 3.30. The first-order chi connectivity index (χ1) is 14.0. The molecule has 0 bridgehead atoms. The summed E-state index contributed by atoms with van der Waals surface area (Å²) in [6, 6.07) is 0. The molecule has 0 spiro atoms. The topological polar surface area (TPSA) is 77.8 Å². The van der Waals surface area contributed by atoms with Crippen LogP contribution in [0.5, 0.6) is 11.5 Å². The molecule has 29 heavy (non-hydrogen) atoms. The molecule has 166 valence electrons. The van der Waals surface area contributed by atoms with E-state index in [9.17, 15) is 20.1 Å². The van der Waals surface area contributed by atoms with Gasteiger partial charge in [0.25, 0.3) is 0 Å². The van der Waals surface area contributed by atoms with Crippen LogP contribution in [0.3, 0.4) is 0 Å². The van der Waals surface area contributed by atoms with Crippen molar-refractivity contribution >= 4 is 5.97 Å². The number of hydrogen-bond acceptors (Lipinski definition) is 3. The second kappa shape index (κ2) is 14.3. The van der Waals surface area contributed by atoms with Crippen LogP contribution in [-0.4, -0.2) is 21.3 Å². The second-order valence-corrected chi connectivity index (χ2v) is 8.25. The van der Waals surface area contributed by atoms with Crippen LogP contribution < -0.4 is 0 Å². The molecule has 1 rings (SSSR count). The zero-order chi connectivity index (χ0) is 21.6. The zero-order valence-corrected chi connectivity index (χ0v) is 18.9.